The van der Waals surface area contributed by atoms with Gasteiger partial charge in [-0.2, -0.15) is 0 Å². The Labute approximate surface area is 117 Å². The van der Waals surface area contributed by atoms with Crippen LogP contribution in [0.1, 0.15) is 60.8 Å². The van der Waals surface area contributed by atoms with E-state index < -0.39 is 6.04 Å². The first-order chi connectivity index (χ1) is 8.48. The normalized spacial score (nSPS) is 38.3. The Morgan fingerprint density at radius 2 is 1.89 bits per heavy atom. The number of nitrogens with two attached hydrogens (primary N) is 1. The van der Waals surface area contributed by atoms with Crippen LogP contribution in [0.2, 0.25) is 0 Å². The summed E-state index contributed by atoms with van der Waals surface area (Å²) in [5.74, 6) is 0.757. The lowest BCUT2D eigenvalue weighted by Gasteiger charge is -2.44. The first-order valence-corrected chi connectivity index (χ1v) is 7.54. The molecule has 0 saturated heterocycles. The SMILES string of the molecule is CC12CCC(C1)C(C)(C)C2NC(=O)[C@H](N)C(C)(C)C. The monoisotopic (exact) mass is 266 g/mol. The van der Waals surface area contributed by atoms with Crippen molar-refractivity contribution in [2.24, 2.45) is 27.9 Å². The summed E-state index contributed by atoms with van der Waals surface area (Å²) < 4.78 is 0. The van der Waals surface area contributed by atoms with Gasteiger partial charge in [-0.1, -0.05) is 41.5 Å². The molecule has 0 heterocycles. The van der Waals surface area contributed by atoms with E-state index in [-0.39, 0.29) is 28.2 Å². The largest absolute Gasteiger partial charge is 0.351 e. The molecule has 0 radical (unpaired) electrons. The van der Waals surface area contributed by atoms with Gasteiger partial charge in [0.2, 0.25) is 5.91 Å². The average molecular weight is 266 g/mol. The van der Waals surface area contributed by atoms with E-state index in [2.05, 4.69) is 26.1 Å². The molecule has 3 nitrogen and oxygen atoms in total. The molecule has 110 valence electrons. The van der Waals surface area contributed by atoms with Crippen molar-refractivity contribution >= 4 is 5.91 Å². The van der Waals surface area contributed by atoms with Gasteiger partial charge in [-0.05, 0) is 41.4 Å². The van der Waals surface area contributed by atoms with E-state index in [1.165, 1.54) is 19.3 Å². The van der Waals surface area contributed by atoms with Crippen LogP contribution in [0.3, 0.4) is 0 Å². The molecule has 3 heteroatoms. The fraction of sp³-hybridized carbons (Fsp3) is 0.938. The van der Waals surface area contributed by atoms with Gasteiger partial charge in [0.15, 0.2) is 0 Å². The van der Waals surface area contributed by atoms with Crippen molar-refractivity contribution < 1.29 is 4.79 Å². The second kappa shape index (κ2) is 4.21. The van der Waals surface area contributed by atoms with Crippen LogP contribution in [0.5, 0.6) is 0 Å². The van der Waals surface area contributed by atoms with E-state index in [0.717, 1.165) is 5.92 Å². The quantitative estimate of drug-likeness (QED) is 0.807. The first kappa shape index (κ1) is 14.8. The molecule has 19 heavy (non-hydrogen) atoms. The standard InChI is InChI=1S/C16H30N2O/c1-14(2,3)11(17)12(19)18-13-15(4,5)10-7-8-16(13,6)9-10/h10-11,13H,7-9,17H2,1-6H3,(H,18,19)/t10?,11-,13?,16?/m0/s1. The van der Waals surface area contributed by atoms with Crippen LogP contribution in [0.4, 0.5) is 0 Å². The highest BCUT2D eigenvalue weighted by Crippen LogP contribution is 2.62. The first-order valence-electron chi connectivity index (χ1n) is 7.54. The molecule has 2 fully saturated rings. The average Bonchev–Trinajstić information content (AvgIpc) is 2.73. The van der Waals surface area contributed by atoms with E-state index in [9.17, 15) is 4.79 Å². The van der Waals surface area contributed by atoms with Crippen LogP contribution >= 0.6 is 0 Å². The molecule has 2 rings (SSSR count). The maximum atomic E-state index is 12.4. The lowest BCUT2D eigenvalue weighted by atomic mass is 9.68. The van der Waals surface area contributed by atoms with Crippen molar-refractivity contribution in [3.8, 4) is 0 Å². The zero-order valence-corrected chi connectivity index (χ0v) is 13.3. The Hall–Kier alpha value is -0.570. The Kier molecular flexibility index (Phi) is 3.29. The molecular formula is C16H30N2O. The van der Waals surface area contributed by atoms with E-state index in [0.29, 0.717) is 0 Å². The van der Waals surface area contributed by atoms with Gasteiger partial charge in [-0.15, -0.1) is 0 Å². The maximum Gasteiger partial charge on any atom is 0.237 e. The topological polar surface area (TPSA) is 55.1 Å². The number of amides is 1. The van der Waals surface area contributed by atoms with E-state index in [1.54, 1.807) is 0 Å². The second-order valence-corrected chi connectivity index (χ2v) is 8.70. The van der Waals surface area contributed by atoms with E-state index >= 15 is 0 Å². The highest BCUT2D eigenvalue weighted by atomic mass is 16.2. The molecule has 1 amide bonds. The lowest BCUT2D eigenvalue weighted by Crippen LogP contribution is -2.58. The highest BCUT2D eigenvalue weighted by Gasteiger charge is 2.59. The third-order valence-electron chi connectivity index (χ3n) is 5.77. The summed E-state index contributed by atoms with van der Waals surface area (Å²) in [5.41, 5.74) is 6.36. The predicted molar refractivity (Wildman–Crippen MR) is 78.6 cm³/mol. The molecule has 2 aliphatic rings. The Bertz CT molecular complexity index is 378. The van der Waals surface area contributed by atoms with E-state index in [1.807, 2.05) is 20.8 Å². The van der Waals surface area contributed by atoms with Gasteiger partial charge >= 0.3 is 0 Å². The summed E-state index contributed by atoms with van der Waals surface area (Å²) in [6, 6.07) is -0.175. The summed E-state index contributed by atoms with van der Waals surface area (Å²) in [6.45, 7) is 13.0. The molecule has 2 saturated carbocycles. The van der Waals surface area contributed by atoms with Crippen LogP contribution < -0.4 is 11.1 Å². The van der Waals surface area contributed by atoms with Crippen LogP contribution in [0.25, 0.3) is 0 Å². The minimum atomic E-state index is -0.439. The minimum absolute atomic E-state index is 0.0133. The molecule has 0 spiro atoms. The number of carbonyl (C=O) groups excluding carboxylic acids is 1. The van der Waals surface area contributed by atoms with Crippen LogP contribution in [0, 0.1) is 22.2 Å². The molecule has 0 aromatic carbocycles. The molecule has 2 aliphatic carbocycles. The van der Waals surface area contributed by atoms with Crippen LogP contribution in [-0.2, 0) is 4.79 Å². The number of nitrogens with one attached hydrogen (secondary N) is 1. The third-order valence-corrected chi connectivity index (χ3v) is 5.77. The summed E-state index contributed by atoms with van der Waals surface area (Å²) >= 11 is 0. The van der Waals surface area contributed by atoms with Gasteiger partial charge in [0.05, 0.1) is 6.04 Å². The van der Waals surface area contributed by atoms with Gasteiger partial charge in [-0.3, -0.25) is 4.79 Å². The van der Waals surface area contributed by atoms with Gasteiger partial charge in [0.25, 0.3) is 0 Å². The van der Waals surface area contributed by atoms with Crippen molar-refractivity contribution in [1.29, 1.82) is 0 Å². The van der Waals surface area contributed by atoms with Gasteiger partial charge < -0.3 is 11.1 Å². The lowest BCUT2D eigenvalue weighted by molar-refractivity contribution is -0.127. The van der Waals surface area contributed by atoms with E-state index in [4.69, 9.17) is 5.73 Å². The number of fused-ring (bicyclic) bond motifs is 2. The Morgan fingerprint density at radius 1 is 1.32 bits per heavy atom. The number of hydrogen-bond acceptors (Lipinski definition) is 2. The second-order valence-electron chi connectivity index (χ2n) is 8.70. The Balaban J connectivity index is 2.13. The molecule has 0 aromatic rings. The number of hydrogen-bond donors (Lipinski definition) is 2. The smallest absolute Gasteiger partial charge is 0.237 e. The third kappa shape index (κ3) is 2.31. The highest BCUT2D eigenvalue weighted by molar-refractivity contribution is 5.82. The fourth-order valence-corrected chi connectivity index (χ4v) is 4.29. The zero-order valence-electron chi connectivity index (χ0n) is 13.3. The van der Waals surface area contributed by atoms with Crippen molar-refractivity contribution in [2.45, 2.75) is 72.9 Å². The molecule has 0 aromatic heterocycles. The predicted octanol–water partition coefficient (Wildman–Crippen LogP) is 2.69. The molecule has 3 unspecified atom stereocenters. The van der Waals surface area contributed by atoms with Gasteiger partial charge in [0, 0.05) is 6.04 Å². The molecule has 0 aliphatic heterocycles. The fourth-order valence-electron chi connectivity index (χ4n) is 4.29. The number of rotatable bonds is 2. The van der Waals surface area contributed by atoms with Crippen molar-refractivity contribution in [1.82, 2.24) is 5.32 Å². The van der Waals surface area contributed by atoms with Crippen LogP contribution in [0.15, 0.2) is 0 Å². The van der Waals surface area contributed by atoms with Crippen molar-refractivity contribution in [3.05, 3.63) is 0 Å². The molecule has 4 atom stereocenters. The van der Waals surface area contributed by atoms with Gasteiger partial charge in [-0.25, -0.2) is 0 Å². The molecular weight excluding hydrogens is 236 g/mol. The maximum absolute atomic E-state index is 12.4. The van der Waals surface area contributed by atoms with Crippen LogP contribution in [-0.4, -0.2) is 18.0 Å². The summed E-state index contributed by atoms with van der Waals surface area (Å²) in [4.78, 5) is 12.4. The van der Waals surface area contributed by atoms with Gasteiger partial charge in [0.1, 0.15) is 0 Å². The van der Waals surface area contributed by atoms with Crippen molar-refractivity contribution in [3.63, 3.8) is 0 Å². The summed E-state index contributed by atoms with van der Waals surface area (Å²) in [5, 5.41) is 3.28. The molecule has 2 bridgehead atoms. The van der Waals surface area contributed by atoms with Crippen molar-refractivity contribution in [2.75, 3.05) is 0 Å². The Morgan fingerprint density at radius 3 is 2.32 bits per heavy atom. The summed E-state index contributed by atoms with van der Waals surface area (Å²) in [6.07, 6.45) is 3.79. The summed E-state index contributed by atoms with van der Waals surface area (Å²) in [7, 11) is 0. The minimum Gasteiger partial charge on any atom is -0.351 e. The molecule has 3 N–H and O–H groups in total. The number of carbonyl (C=O) groups is 1. The zero-order chi connectivity index (χ0) is 14.6.